The Bertz CT molecular complexity index is 229. The standard InChI is InChI=1S/C10H21N3O2/c1-7(2)5-8(3)13(4)6-9(14)12-10(11)15/h7-8H,5-6H2,1-4H3,(H3,11,12,14,15). The summed E-state index contributed by atoms with van der Waals surface area (Å²) in [6, 6.07) is -0.492. The molecule has 88 valence electrons. The predicted octanol–water partition coefficient (Wildman–Crippen LogP) is 0.548. The molecule has 0 rings (SSSR count). The molecular weight excluding hydrogens is 194 g/mol. The van der Waals surface area contributed by atoms with Gasteiger partial charge in [-0.15, -0.1) is 0 Å². The predicted molar refractivity (Wildman–Crippen MR) is 59.3 cm³/mol. The summed E-state index contributed by atoms with van der Waals surface area (Å²) in [4.78, 5) is 23.5. The molecule has 0 aliphatic rings. The number of nitrogens with zero attached hydrogens (tertiary/aromatic N) is 1. The van der Waals surface area contributed by atoms with Gasteiger partial charge in [-0.3, -0.25) is 15.0 Å². The Morgan fingerprint density at radius 2 is 1.87 bits per heavy atom. The van der Waals surface area contributed by atoms with Gasteiger partial charge in [0.05, 0.1) is 6.54 Å². The van der Waals surface area contributed by atoms with Crippen molar-refractivity contribution in [3.8, 4) is 0 Å². The Labute approximate surface area is 91.0 Å². The maximum Gasteiger partial charge on any atom is 0.318 e. The summed E-state index contributed by atoms with van der Waals surface area (Å²) in [5.74, 6) is 0.224. The molecule has 0 aromatic heterocycles. The molecule has 3 N–H and O–H groups in total. The molecule has 15 heavy (non-hydrogen) atoms. The first-order valence-electron chi connectivity index (χ1n) is 5.12. The number of nitrogens with two attached hydrogens (primary N) is 1. The molecule has 0 aliphatic carbocycles. The van der Waals surface area contributed by atoms with Gasteiger partial charge in [0.15, 0.2) is 0 Å². The van der Waals surface area contributed by atoms with Crippen molar-refractivity contribution in [1.29, 1.82) is 0 Å². The van der Waals surface area contributed by atoms with Crippen molar-refractivity contribution in [3.05, 3.63) is 0 Å². The summed E-state index contributed by atoms with van der Waals surface area (Å²) < 4.78 is 0. The number of likely N-dealkylation sites (N-methyl/N-ethyl adjacent to an activating group) is 1. The molecule has 0 aromatic rings. The molecule has 1 unspecified atom stereocenters. The van der Waals surface area contributed by atoms with Crippen molar-refractivity contribution in [2.75, 3.05) is 13.6 Å². The average Bonchev–Trinajstić information content (AvgIpc) is 2.00. The molecule has 3 amide bonds. The van der Waals surface area contributed by atoms with Gasteiger partial charge in [0, 0.05) is 6.04 Å². The van der Waals surface area contributed by atoms with Crippen LogP contribution in [-0.2, 0) is 4.79 Å². The highest BCUT2D eigenvalue weighted by Crippen LogP contribution is 2.08. The highest BCUT2D eigenvalue weighted by Gasteiger charge is 2.14. The summed E-state index contributed by atoms with van der Waals surface area (Å²) in [7, 11) is 1.85. The number of carbonyl (C=O) groups excluding carboxylic acids is 2. The van der Waals surface area contributed by atoms with Crippen LogP contribution in [0.25, 0.3) is 0 Å². The topological polar surface area (TPSA) is 75.4 Å². The number of rotatable bonds is 5. The summed E-state index contributed by atoms with van der Waals surface area (Å²) in [6.07, 6.45) is 1.01. The molecule has 0 radical (unpaired) electrons. The van der Waals surface area contributed by atoms with Crippen LogP contribution in [0.5, 0.6) is 0 Å². The van der Waals surface area contributed by atoms with Crippen molar-refractivity contribution < 1.29 is 9.59 Å². The Kier molecular flexibility index (Phi) is 5.93. The fraction of sp³-hybridized carbons (Fsp3) is 0.800. The largest absolute Gasteiger partial charge is 0.351 e. The van der Waals surface area contributed by atoms with Crippen LogP contribution in [0.2, 0.25) is 0 Å². The van der Waals surface area contributed by atoms with Crippen LogP contribution in [0.15, 0.2) is 0 Å². The number of hydrogen-bond acceptors (Lipinski definition) is 3. The number of imide groups is 1. The zero-order chi connectivity index (χ0) is 12.0. The molecule has 0 aliphatic heterocycles. The quantitative estimate of drug-likeness (QED) is 0.703. The summed E-state index contributed by atoms with van der Waals surface area (Å²) >= 11 is 0. The lowest BCUT2D eigenvalue weighted by atomic mass is 10.0. The van der Waals surface area contributed by atoms with Crippen LogP contribution >= 0.6 is 0 Å². The van der Waals surface area contributed by atoms with Gasteiger partial charge in [-0.1, -0.05) is 13.8 Å². The van der Waals surface area contributed by atoms with E-state index in [0.717, 1.165) is 6.42 Å². The molecule has 0 spiro atoms. The number of nitrogens with one attached hydrogen (secondary N) is 1. The lowest BCUT2D eigenvalue weighted by Gasteiger charge is -2.25. The van der Waals surface area contributed by atoms with E-state index in [1.807, 2.05) is 17.3 Å². The first-order valence-corrected chi connectivity index (χ1v) is 5.12. The van der Waals surface area contributed by atoms with Crippen LogP contribution in [0, 0.1) is 5.92 Å². The van der Waals surface area contributed by atoms with Crippen molar-refractivity contribution in [2.24, 2.45) is 11.7 Å². The van der Waals surface area contributed by atoms with E-state index in [0.29, 0.717) is 12.0 Å². The van der Waals surface area contributed by atoms with Crippen LogP contribution in [-0.4, -0.2) is 36.5 Å². The van der Waals surface area contributed by atoms with Crippen molar-refractivity contribution in [3.63, 3.8) is 0 Å². The SMILES string of the molecule is CC(C)CC(C)N(C)CC(=O)NC(N)=O. The third kappa shape index (κ3) is 6.90. The minimum atomic E-state index is -0.801. The van der Waals surface area contributed by atoms with Gasteiger partial charge in [-0.05, 0) is 26.3 Å². The molecule has 5 nitrogen and oxygen atoms in total. The van der Waals surface area contributed by atoms with Gasteiger partial charge >= 0.3 is 6.03 Å². The van der Waals surface area contributed by atoms with E-state index >= 15 is 0 Å². The van der Waals surface area contributed by atoms with Gasteiger partial charge in [0.25, 0.3) is 0 Å². The fourth-order valence-corrected chi connectivity index (χ4v) is 1.42. The Hall–Kier alpha value is -1.10. The molecule has 0 saturated carbocycles. The molecule has 0 fully saturated rings. The molecule has 0 bridgehead atoms. The van der Waals surface area contributed by atoms with Gasteiger partial charge in [0.1, 0.15) is 0 Å². The second-order valence-electron chi connectivity index (χ2n) is 4.31. The van der Waals surface area contributed by atoms with Crippen molar-refractivity contribution >= 4 is 11.9 Å². The summed E-state index contributed by atoms with van der Waals surface area (Å²) in [6.45, 7) is 6.51. The first kappa shape index (κ1) is 13.9. The number of carbonyl (C=O) groups is 2. The monoisotopic (exact) mass is 215 g/mol. The Morgan fingerprint density at radius 3 is 2.27 bits per heavy atom. The maximum absolute atomic E-state index is 11.2. The zero-order valence-electron chi connectivity index (χ0n) is 9.91. The van der Waals surface area contributed by atoms with Crippen LogP contribution in [0.4, 0.5) is 4.79 Å². The minimum absolute atomic E-state index is 0.191. The van der Waals surface area contributed by atoms with Crippen molar-refractivity contribution in [1.82, 2.24) is 10.2 Å². The number of hydrogen-bond donors (Lipinski definition) is 2. The van der Waals surface area contributed by atoms with Crippen molar-refractivity contribution in [2.45, 2.75) is 33.2 Å². The third-order valence-corrected chi connectivity index (χ3v) is 2.22. The van der Waals surface area contributed by atoms with Gasteiger partial charge in [-0.25, -0.2) is 4.79 Å². The van der Waals surface area contributed by atoms with E-state index in [1.165, 1.54) is 0 Å². The van der Waals surface area contributed by atoms with E-state index in [1.54, 1.807) is 0 Å². The fourth-order valence-electron chi connectivity index (χ4n) is 1.42. The third-order valence-electron chi connectivity index (χ3n) is 2.22. The Morgan fingerprint density at radius 1 is 1.33 bits per heavy atom. The minimum Gasteiger partial charge on any atom is -0.351 e. The highest BCUT2D eigenvalue weighted by molar-refractivity contribution is 5.94. The van der Waals surface area contributed by atoms with Crippen LogP contribution < -0.4 is 11.1 Å². The lowest BCUT2D eigenvalue weighted by Crippen LogP contribution is -2.43. The second kappa shape index (κ2) is 6.40. The molecule has 0 heterocycles. The van der Waals surface area contributed by atoms with Crippen LogP contribution in [0.1, 0.15) is 27.2 Å². The maximum atomic E-state index is 11.2. The van der Waals surface area contributed by atoms with Gasteiger partial charge < -0.3 is 5.73 Å². The second-order valence-corrected chi connectivity index (χ2v) is 4.31. The molecule has 1 atom stereocenters. The molecular formula is C10H21N3O2. The number of primary amides is 1. The van der Waals surface area contributed by atoms with E-state index in [2.05, 4.69) is 20.8 Å². The number of amides is 3. The van der Waals surface area contributed by atoms with Crippen LogP contribution in [0.3, 0.4) is 0 Å². The Balaban J connectivity index is 3.95. The summed E-state index contributed by atoms with van der Waals surface area (Å²) in [5.41, 5.74) is 4.84. The van der Waals surface area contributed by atoms with Gasteiger partial charge in [-0.2, -0.15) is 0 Å². The van der Waals surface area contributed by atoms with E-state index in [-0.39, 0.29) is 12.5 Å². The molecule has 5 heteroatoms. The molecule has 0 saturated heterocycles. The van der Waals surface area contributed by atoms with E-state index in [4.69, 9.17) is 5.73 Å². The number of urea groups is 1. The lowest BCUT2D eigenvalue weighted by molar-refractivity contribution is -0.121. The smallest absolute Gasteiger partial charge is 0.318 e. The molecule has 0 aromatic carbocycles. The summed E-state index contributed by atoms with van der Waals surface area (Å²) in [5, 5.41) is 2.04. The average molecular weight is 215 g/mol. The van der Waals surface area contributed by atoms with E-state index in [9.17, 15) is 9.59 Å². The highest BCUT2D eigenvalue weighted by atomic mass is 16.2. The van der Waals surface area contributed by atoms with Gasteiger partial charge in [0.2, 0.25) is 5.91 Å². The first-order chi connectivity index (χ1) is 6.82. The zero-order valence-corrected chi connectivity index (χ0v) is 9.91. The van der Waals surface area contributed by atoms with E-state index < -0.39 is 6.03 Å². The normalized spacial score (nSPS) is 12.9.